The largest absolute Gasteiger partial charge is 0.506 e. The lowest BCUT2D eigenvalue weighted by Crippen LogP contribution is -2.16. The van der Waals surface area contributed by atoms with Crippen LogP contribution in [-0.2, 0) is 6.18 Å². The van der Waals surface area contributed by atoms with Crippen LogP contribution >= 0.6 is 0 Å². The molecule has 0 fully saturated rings. The van der Waals surface area contributed by atoms with Crippen LogP contribution in [0.4, 0.5) is 35.9 Å². The minimum absolute atomic E-state index is 0.0397. The average molecular weight is 452 g/mol. The van der Waals surface area contributed by atoms with Gasteiger partial charge in [0.05, 0.1) is 21.1 Å². The van der Waals surface area contributed by atoms with Gasteiger partial charge in [-0.05, 0) is 25.1 Å². The van der Waals surface area contributed by atoms with E-state index in [-0.39, 0.29) is 17.1 Å². The van der Waals surface area contributed by atoms with Gasteiger partial charge in [0, 0.05) is 18.2 Å². The second kappa shape index (κ2) is 7.93. The number of halogens is 3. The van der Waals surface area contributed by atoms with Crippen LogP contribution in [0.3, 0.4) is 0 Å². The van der Waals surface area contributed by atoms with Crippen molar-refractivity contribution in [2.75, 3.05) is 0 Å². The number of alkyl halides is 3. The Labute approximate surface area is 174 Å². The molecule has 15 heteroatoms. The Hall–Kier alpha value is -4.56. The summed E-state index contributed by atoms with van der Waals surface area (Å²) < 4.78 is 39.3. The predicted octanol–water partition coefficient (Wildman–Crippen LogP) is 4.43. The molecule has 0 amide bonds. The van der Waals surface area contributed by atoms with Crippen LogP contribution in [0.5, 0.6) is 5.75 Å². The number of aromatic amines is 1. The third kappa shape index (κ3) is 4.16. The molecule has 0 aliphatic carbocycles. The maximum Gasteiger partial charge on any atom is 0.416 e. The van der Waals surface area contributed by atoms with E-state index in [0.29, 0.717) is 16.8 Å². The number of azo groups is 1. The van der Waals surface area contributed by atoms with E-state index < -0.39 is 50.0 Å². The first kappa shape index (κ1) is 22.1. The first-order valence-electron chi connectivity index (χ1n) is 8.47. The molecule has 0 atom stereocenters. The smallest absolute Gasteiger partial charge is 0.416 e. The van der Waals surface area contributed by atoms with E-state index >= 15 is 0 Å². The Balaban J connectivity index is 2.09. The van der Waals surface area contributed by atoms with Crippen molar-refractivity contribution in [3.8, 4) is 11.4 Å². The topological polar surface area (TPSA) is 169 Å². The zero-order valence-corrected chi connectivity index (χ0v) is 15.8. The molecule has 0 aliphatic rings. The van der Waals surface area contributed by atoms with E-state index in [0.717, 1.165) is 24.3 Å². The van der Waals surface area contributed by atoms with Crippen LogP contribution < -0.4 is 5.56 Å². The van der Waals surface area contributed by atoms with E-state index in [1.165, 1.54) is 6.92 Å². The summed E-state index contributed by atoms with van der Waals surface area (Å²) in [6.07, 6.45) is -4.83. The lowest BCUT2D eigenvalue weighted by Gasteiger charge is -2.08. The van der Waals surface area contributed by atoms with Gasteiger partial charge in [-0.15, -0.1) is 10.2 Å². The maximum atomic E-state index is 12.9. The van der Waals surface area contributed by atoms with Crippen molar-refractivity contribution >= 4 is 22.7 Å². The Kier molecular flexibility index (Phi) is 5.49. The third-order valence-corrected chi connectivity index (χ3v) is 4.21. The normalized spacial score (nSPS) is 11.8. The molecular formula is C17H11F3N6O6. The second-order valence-corrected chi connectivity index (χ2v) is 6.31. The van der Waals surface area contributed by atoms with Gasteiger partial charge in [-0.1, -0.05) is 0 Å². The molecule has 0 bridgehead atoms. The summed E-state index contributed by atoms with van der Waals surface area (Å²) >= 11 is 0. The summed E-state index contributed by atoms with van der Waals surface area (Å²) in [5.41, 5.74) is -4.79. The van der Waals surface area contributed by atoms with Gasteiger partial charge in [0.1, 0.15) is 17.1 Å². The first-order valence-corrected chi connectivity index (χ1v) is 8.47. The van der Waals surface area contributed by atoms with Crippen molar-refractivity contribution in [3.63, 3.8) is 0 Å². The number of aryl methyl sites for hydroxylation is 1. The van der Waals surface area contributed by atoms with Crippen LogP contribution in [0.15, 0.2) is 51.4 Å². The number of nitro benzene ring substituents is 2. The second-order valence-electron chi connectivity index (χ2n) is 6.31. The number of hydrogen-bond acceptors (Lipinski definition) is 8. The standard InChI is InChI=1S/C17H11F3N6O6/c1-8-15(22-21-11-7-10(25(29)30)3-5-14(11)27)16(28)24(23-8)12-4-2-9(17(18,19)20)6-13(12)26(31)32/h2-7,23,27H,1H3. The summed E-state index contributed by atoms with van der Waals surface area (Å²) in [6.45, 7) is 1.34. The Morgan fingerprint density at radius 1 is 1.06 bits per heavy atom. The number of nitro groups is 2. The SMILES string of the molecule is Cc1[nH]n(-c2ccc(C(F)(F)F)cc2[N+](=O)[O-])c(=O)c1N=Nc1cc([N+](=O)[O-])ccc1O. The lowest BCUT2D eigenvalue weighted by molar-refractivity contribution is -0.385. The van der Waals surface area contributed by atoms with Crippen molar-refractivity contribution in [3.05, 3.63) is 78.2 Å². The molecule has 0 aliphatic heterocycles. The minimum Gasteiger partial charge on any atom is -0.506 e. The van der Waals surface area contributed by atoms with E-state index in [2.05, 4.69) is 15.3 Å². The number of nitrogens with one attached hydrogen (secondary N) is 1. The van der Waals surface area contributed by atoms with Gasteiger partial charge in [-0.25, -0.2) is 4.68 Å². The Morgan fingerprint density at radius 3 is 2.34 bits per heavy atom. The fourth-order valence-corrected chi connectivity index (χ4v) is 2.67. The molecule has 1 heterocycles. The molecule has 3 aromatic rings. The quantitative estimate of drug-likeness (QED) is 0.329. The first-order chi connectivity index (χ1) is 14.9. The van der Waals surface area contributed by atoms with Crippen LogP contribution in [0.1, 0.15) is 11.3 Å². The lowest BCUT2D eigenvalue weighted by atomic mass is 10.1. The highest BCUT2D eigenvalue weighted by molar-refractivity contribution is 5.58. The minimum atomic E-state index is -4.83. The number of aromatic hydroxyl groups is 1. The molecule has 0 spiro atoms. The summed E-state index contributed by atoms with van der Waals surface area (Å²) in [5, 5.41) is 41.6. The number of rotatable bonds is 5. The summed E-state index contributed by atoms with van der Waals surface area (Å²) in [7, 11) is 0. The molecule has 1 aromatic heterocycles. The molecule has 2 N–H and O–H groups in total. The maximum absolute atomic E-state index is 12.9. The Morgan fingerprint density at radius 2 is 1.75 bits per heavy atom. The summed E-state index contributed by atoms with van der Waals surface area (Å²) in [4.78, 5) is 33.0. The number of non-ortho nitro benzene ring substituents is 1. The molecule has 0 saturated heterocycles. The molecule has 0 saturated carbocycles. The molecule has 32 heavy (non-hydrogen) atoms. The van der Waals surface area contributed by atoms with Crippen molar-refractivity contribution < 1.29 is 28.1 Å². The summed E-state index contributed by atoms with van der Waals surface area (Å²) in [6, 6.07) is 4.55. The van der Waals surface area contributed by atoms with Crippen molar-refractivity contribution in [1.29, 1.82) is 0 Å². The van der Waals surface area contributed by atoms with Crippen LogP contribution in [0.2, 0.25) is 0 Å². The van der Waals surface area contributed by atoms with Crippen molar-refractivity contribution in [2.45, 2.75) is 13.1 Å². The third-order valence-electron chi connectivity index (χ3n) is 4.21. The number of benzene rings is 2. The number of nitrogens with zero attached hydrogens (tertiary/aromatic N) is 5. The number of H-pyrrole nitrogens is 1. The van der Waals surface area contributed by atoms with Gasteiger partial charge < -0.3 is 5.11 Å². The van der Waals surface area contributed by atoms with Crippen LogP contribution in [0.25, 0.3) is 5.69 Å². The van der Waals surface area contributed by atoms with Gasteiger partial charge in [0.25, 0.3) is 16.9 Å². The van der Waals surface area contributed by atoms with E-state index in [1.807, 2.05) is 0 Å². The number of aromatic nitrogens is 2. The molecule has 2 aromatic carbocycles. The van der Waals surface area contributed by atoms with Gasteiger partial charge in [-0.3, -0.25) is 30.1 Å². The molecule has 0 radical (unpaired) electrons. The predicted molar refractivity (Wildman–Crippen MR) is 102 cm³/mol. The van der Waals surface area contributed by atoms with Crippen LogP contribution in [-0.4, -0.2) is 24.7 Å². The average Bonchev–Trinajstić information content (AvgIpc) is 2.99. The highest BCUT2D eigenvalue weighted by Crippen LogP contribution is 2.35. The van der Waals surface area contributed by atoms with Crippen LogP contribution in [0, 0.1) is 27.2 Å². The molecule has 3 rings (SSSR count). The van der Waals surface area contributed by atoms with Gasteiger partial charge >= 0.3 is 6.18 Å². The van der Waals surface area contributed by atoms with Gasteiger partial charge in [0.2, 0.25) is 0 Å². The van der Waals surface area contributed by atoms with Crippen molar-refractivity contribution in [2.24, 2.45) is 10.2 Å². The Bertz CT molecular complexity index is 1330. The number of hydrogen-bond donors (Lipinski definition) is 2. The highest BCUT2D eigenvalue weighted by atomic mass is 19.4. The molecular weight excluding hydrogens is 441 g/mol. The number of phenolic OH excluding ortho intramolecular Hbond substituents is 1. The zero-order chi connectivity index (χ0) is 23.8. The molecule has 166 valence electrons. The monoisotopic (exact) mass is 452 g/mol. The van der Waals surface area contributed by atoms with Crippen molar-refractivity contribution in [1.82, 2.24) is 9.78 Å². The van der Waals surface area contributed by atoms with E-state index in [4.69, 9.17) is 0 Å². The van der Waals surface area contributed by atoms with E-state index in [9.17, 15) is 43.3 Å². The van der Waals surface area contributed by atoms with Gasteiger partial charge in [-0.2, -0.15) is 13.2 Å². The molecule has 0 unspecified atom stereocenters. The fraction of sp³-hybridized carbons (Fsp3) is 0.118. The van der Waals surface area contributed by atoms with E-state index in [1.54, 1.807) is 0 Å². The summed E-state index contributed by atoms with van der Waals surface area (Å²) in [5.74, 6) is -0.466. The fourth-order valence-electron chi connectivity index (χ4n) is 2.67. The highest BCUT2D eigenvalue weighted by Gasteiger charge is 2.33. The van der Waals surface area contributed by atoms with Gasteiger partial charge in [0.15, 0.2) is 5.69 Å². The zero-order valence-electron chi connectivity index (χ0n) is 15.8. The number of phenols is 1. The molecule has 12 nitrogen and oxygen atoms in total.